The van der Waals surface area contributed by atoms with Crippen molar-refractivity contribution in [3.8, 4) is 5.69 Å². The molecule has 0 aliphatic carbocycles. The molecule has 1 aliphatic heterocycles. The van der Waals surface area contributed by atoms with Gasteiger partial charge in [0.15, 0.2) is 5.65 Å². The first-order chi connectivity index (χ1) is 13.3. The molecule has 4 rings (SSSR count). The molecule has 8 heteroatoms. The predicted molar refractivity (Wildman–Crippen MR) is 101 cm³/mol. The zero-order chi connectivity index (χ0) is 18.6. The highest BCUT2D eigenvalue weighted by Crippen LogP contribution is 2.24. The lowest BCUT2D eigenvalue weighted by molar-refractivity contribution is 0.190. The van der Waals surface area contributed by atoms with Crippen molar-refractivity contribution in [2.75, 3.05) is 31.6 Å². The minimum Gasteiger partial charge on any atom is -0.396 e. The molecule has 7 nitrogen and oxygen atoms in total. The molecule has 1 saturated heterocycles. The van der Waals surface area contributed by atoms with Crippen LogP contribution in [0.25, 0.3) is 16.7 Å². The van der Waals surface area contributed by atoms with Crippen LogP contribution in [-0.2, 0) is 0 Å². The van der Waals surface area contributed by atoms with E-state index in [1.54, 1.807) is 24.4 Å². The largest absolute Gasteiger partial charge is 0.396 e. The van der Waals surface area contributed by atoms with E-state index in [-0.39, 0.29) is 18.5 Å². The molecule has 1 aliphatic rings. The van der Waals surface area contributed by atoms with Crippen LogP contribution in [-0.4, -0.2) is 62.0 Å². The monoisotopic (exact) mass is 370 g/mol. The van der Waals surface area contributed by atoms with Crippen LogP contribution in [0.4, 0.5) is 10.2 Å². The van der Waals surface area contributed by atoms with Gasteiger partial charge in [0.25, 0.3) is 0 Å². The van der Waals surface area contributed by atoms with Crippen LogP contribution in [0, 0.1) is 5.82 Å². The second-order valence-corrected chi connectivity index (χ2v) is 6.83. The highest BCUT2D eigenvalue weighted by atomic mass is 19.1. The molecule has 2 aromatic heterocycles. The molecule has 2 N–H and O–H groups in total. The number of benzene rings is 1. The van der Waals surface area contributed by atoms with Crippen molar-refractivity contribution in [2.24, 2.45) is 0 Å². The van der Waals surface area contributed by atoms with Gasteiger partial charge in [-0.25, -0.2) is 19.0 Å². The smallest absolute Gasteiger partial charge is 0.168 e. The van der Waals surface area contributed by atoms with E-state index in [1.807, 2.05) is 0 Å². The van der Waals surface area contributed by atoms with E-state index in [2.05, 4.69) is 25.3 Å². The molecule has 1 fully saturated rings. The molecule has 1 aromatic carbocycles. The number of aromatic nitrogens is 4. The third-order valence-electron chi connectivity index (χ3n) is 4.93. The molecule has 0 bridgehead atoms. The Kier molecular flexibility index (Phi) is 5.26. The van der Waals surface area contributed by atoms with Gasteiger partial charge in [-0.1, -0.05) is 12.1 Å². The Morgan fingerprint density at radius 3 is 3.00 bits per heavy atom. The SMILES string of the molecule is OCCCN1CCCC(Nc2ncnc3c2cnn3-c2ccccc2F)C1. The molecule has 27 heavy (non-hydrogen) atoms. The Bertz CT molecular complexity index is 914. The molecule has 1 atom stereocenters. The summed E-state index contributed by atoms with van der Waals surface area (Å²) in [6.07, 6.45) is 6.11. The normalized spacial score (nSPS) is 18.1. The molecule has 0 radical (unpaired) electrons. The van der Waals surface area contributed by atoms with Crippen molar-refractivity contribution < 1.29 is 9.50 Å². The summed E-state index contributed by atoms with van der Waals surface area (Å²) in [4.78, 5) is 11.1. The second kappa shape index (κ2) is 7.98. The fourth-order valence-electron chi connectivity index (χ4n) is 3.62. The highest BCUT2D eigenvalue weighted by molar-refractivity contribution is 5.87. The van der Waals surface area contributed by atoms with Crippen molar-refractivity contribution >= 4 is 16.9 Å². The highest BCUT2D eigenvalue weighted by Gasteiger charge is 2.21. The van der Waals surface area contributed by atoms with Crippen LogP contribution in [0.3, 0.4) is 0 Å². The number of fused-ring (bicyclic) bond motifs is 1. The number of hydrogen-bond acceptors (Lipinski definition) is 6. The van der Waals surface area contributed by atoms with Gasteiger partial charge >= 0.3 is 0 Å². The maximum Gasteiger partial charge on any atom is 0.168 e. The molecule has 3 aromatic rings. The first kappa shape index (κ1) is 17.8. The first-order valence-corrected chi connectivity index (χ1v) is 9.29. The lowest BCUT2D eigenvalue weighted by Crippen LogP contribution is -2.42. The van der Waals surface area contributed by atoms with E-state index in [9.17, 15) is 4.39 Å². The van der Waals surface area contributed by atoms with Gasteiger partial charge in [-0.2, -0.15) is 5.10 Å². The summed E-state index contributed by atoms with van der Waals surface area (Å²) >= 11 is 0. The average Bonchev–Trinajstić information content (AvgIpc) is 3.12. The molecular formula is C19H23FN6O. The van der Waals surface area contributed by atoms with Crippen LogP contribution in [0.2, 0.25) is 0 Å². The minimum absolute atomic E-state index is 0.219. The number of piperidine rings is 1. The van der Waals surface area contributed by atoms with Crippen molar-refractivity contribution in [1.29, 1.82) is 0 Å². The van der Waals surface area contributed by atoms with Gasteiger partial charge < -0.3 is 15.3 Å². The number of rotatable bonds is 6. The molecule has 142 valence electrons. The van der Waals surface area contributed by atoms with Gasteiger partial charge in [0.1, 0.15) is 23.6 Å². The third-order valence-corrected chi connectivity index (χ3v) is 4.93. The van der Waals surface area contributed by atoms with Crippen LogP contribution in [0.1, 0.15) is 19.3 Å². The fourth-order valence-corrected chi connectivity index (χ4v) is 3.62. The summed E-state index contributed by atoms with van der Waals surface area (Å²) in [7, 11) is 0. The predicted octanol–water partition coefficient (Wildman–Crippen LogP) is 2.21. The zero-order valence-electron chi connectivity index (χ0n) is 15.1. The fraction of sp³-hybridized carbons (Fsp3) is 0.421. The summed E-state index contributed by atoms with van der Waals surface area (Å²) in [5.41, 5.74) is 0.940. The third kappa shape index (κ3) is 3.77. The first-order valence-electron chi connectivity index (χ1n) is 9.29. The van der Waals surface area contributed by atoms with E-state index in [1.165, 1.54) is 17.1 Å². The van der Waals surface area contributed by atoms with Gasteiger partial charge in [0.05, 0.1) is 11.6 Å². The van der Waals surface area contributed by atoms with E-state index in [0.717, 1.165) is 50.1 Å². The number of nitrogens with zero attached hydrogens (tertiary/aromatic N) is 5. The number of nitrogens with one attached hydrogen (secondary N) is 1. The number of hydrogen-bond donors (Lipinski definition) is 2. The van der Waals surface area contributed by atoms with E-state index in [4.69, 9.17) is 5.11 Å². The Hall–Kier alpha value is -2.58. The minimum atomic E-state index is -0.345. The molecule has 3 heterocycles. The Morgan fingerprint density at radius 2 is 2.15 bits per heavy atom. The topological polar surface area (TPSA) is 79.1 Å². The van der Waals surface area contributed by atoms with E-state index >= 15 is 0 Å². The Balaban J connectivity index is 1.58. The maximum atomic E-state index is 14.2. The summed E-state index contributed by atoms with van der Waals surface area (Å²) in [6.45, 7) is 3.09. The quantitative estimate of drug-likeness (QED) is 0.693. The van der Waals surface area contributed by atoms with Crippen molar-refractivity contribution in [3.63, 3.8) is 0 Å². The van der Waals surface area contributed by atoms with Crippen LogP contribution in [0.5, 0.6) is 0 Å². The zero-order valence-corrected chi connectivity index (χ0v) is 15.1. The summed E-state index contributed by atoms with van der Waals surface area (Å²) in [6, 6.07) is 6.78. The summed E-state index contributed by atoms with van der Waals surface area (Å²) in [5, 5.41) is 17.6. The maximum absolute atomic E-state index is 14.2. The molecule has 0 saturated carbocycles. The van der Waals surface area contributed by atoms with Crippen LogP contribution in [0.15, 0.2) is 36.8 Å². The van der Waals surface area contributed by atoms with Gasteiger partial charge in [-0.3, -0.25) is 0 Å². The second-order valence-electron chi connectivity index (χ2n) is 6.83. The number of anilines is 1. The summed E-state index contributed by atoms with van der Waals surface area (Å²) in [5.74, 6) is 0.374. The van der Waals surface area contributed by atoms with Gasteiger partial charge in [-0.15, -0.1) is 0 Å². The Morgan fingerprint density at radius 1 is 1.26 bits per heavy atom. The number of halogens is 1. The molecular weight excluding hydrogens is 347 g/mol. The van der Waals surface area contributed by atoms with Gasteiger partial charge in [0.2, 0.25) is 0 Å². The van der Waals surface area contributed by atoms with E-state index in [0.29, 0.717) is 11.3 Å². The molecule has 0 spiro atoms. The van der Waals surface area contributed by atoms with Crippen molar-refractivity contribution in [3.05, 3.63) is 42.6 Å². The number of para-hydroxylation sites is 1. The lowest BCUT2D eigenvalue weighted by atomic mass is 10.1. The van der Waals surface area contributed by atoms with E-state index < -0.39 is 0 Å². The number of aliphatic hydroxyl groups is 1. The standard InChI is InChI=1S/C19H23FN6O/c20-16-6-1-2-7-17(16)26-19-15(11-23-26)18(21-13-22-19)24-14-5-3-8-25(12-14)9-4-10-27/h1-2,6-7,11,13-14,27H,3-5,8-10,12H2,(H,21,22,24). The number of aliphatic hydroxyl groups excluding tert-OH is 1. The lowest BCUT2D eigenvalue weighted by Gasteiger charge is -2.33. The van der Waals surface area contributed by atoms with Gasteiger partial charge in [-0.05, 0) is 37.9 Å². The van der Waals surface area contributed by atoms with Crippen molar-refractivity contribution in [1.82, 2.24) is 24.6 Å². The van der Waals surface area contributed by atoms with Crippen LogP contribution < -0.4 is 5.32 Å². The molecule has 1 unspecified atom stereocenters. The summed E-state index contributed by atoms with van der Waals surface area (Å²) < 4.78 is 15.7. The Labute approximate surface area is 156 Å². The van der Waals surface area contributed by atoms with Crippen molar-refractivity contribution in [2.45, 2.75) is 25.3 Å². The average molecular weight is 370 g/mol. The van der Waals surface area contributed by atoms with Crippen LogP contribution >= 0.6 is 0 Å². The molecule has 0 amide bonds. The van der Waals surface area contributed by atoms with Gasteiger partial charge in [0, 0.05) is 25.7 Å². The number of likely N-dealkylation sites (tertiary alicyclic amines) is 1.